The standard InChI is InChI=1S/C23H26FN3O3/c1-30-21-9-6-18(24)13-20(21)22(28)17-3-2-11-26(15-17)14-16-4-7-19(8-5-16)27-12-10-25-23(27)29/h4-9,13,17H,2-3,10-12,14-15H2,1H3,(H,25,29)/t17-/m0/s1. The smallest absolute Gasteiger partial charge is 0.321 e. The lowest BCUT2D eigenvalue weighted by Gasteiger charge is -2.32. The first-order valence-corrected chi connectivity index (χ1v) is 10.3. The zero-order valence-electron chi connectivity index (χ0n) is 17.1. The van der Waals surface area contributed by atoms with Crippen LogP contribution in [0.15, 0.2) is 42.5 Å². The van der Waals surface area contributed by atoms with Crippen molar-refractivity contribution in [2.24, 2.45) is 5.92 Å². The number of halogens is 1. The summed E-state index contributed by atoms with van der Waals surface area (Å²) in [7, 11) is 1.49. The Hall–Kier alpha value is -2.93. The van der Waals surface area contributed by atoms with Gasteiger partial charge >= 0.3 is 6.03 Å². The zero-order chi connectivity index (χ0) is 21.1. The number of hydrogen-bond acceptors (Lipinski definition) is 4. The van der Waals surface area contributed by atoms with Crippen molar-refractivity contribution in [3.63, 3.8) is 0 Å². The van der Waals surface area contributed by atoms with Gasteiger partial charge in [-0.25, -0.2) is 9.18 Å². The molecule has 6 nitrogen and oxygen atoms in total. The van der Waals surface area contributed by atoms with Crippen LogP contribution in [0.1, 0.15) is 28.8 Å². The summed E-state index contributed by atoms with van der Waals surface area (Å²) in [6.07, 6.45) is 1.71. The van der Waals surface area contributed by atoms with Crippen LogP contribution >= 0.6 is 0 Å². The summed E-state index contributed by atoms with van der Waals surface area (Å²) in [6, 6.07) is 12.0. The van der Waals surface area contributed by atoms with Crippen LogP contribution < -0.4 is 15.0 Å². The SMILES string of the molecule is COc1ccc(F)cc1C(=O)[C@H]1CCCN(Cc2ccc(N3CCNC3=O)cc2)C1. The fourth-order valence-electron chi connectivity index (χ4n) is 4.26. The lowest BCUT2D eigenvalue weighted by molar-refractivity contribution is 0.0808. The summed E-state index contributed by atoms with van der Waals surface area (Å²) in [5, 5.41) is 2.80. The third kappa shape index (κ3) is 4.31. The number of benzene rings is 2. The molecule has 2 aliphatic heterocycles. The summed E-state index contributed by atoms with van der Waals surface area (Å²) in [4.78, 5) is 28.8. The minimum absolute atomic E-state index is 0.0621. The average Bonchev–Trinajstić information content (AvgIpc) is 3.20. The number of urea groups is 1. The number of ketones is 1. The molecule has 0 unspecified atom stereocenters. The number of carbonyl (C=O) groups excluding carboxylic acids is 2. The van der Waals surface area contributed by atoms with Crippen molar-refractivity contribution in [3.8, 4) is 5.75 Å². The van der Waals surface area contributed by atoms with Gasteiger partial charge in [0.15, 0.2) is 5.78 Å². The van der Waals surface area contributed by atoms with Gasteiger partial charge in [0.1, 0.15) is 11.6 Å². The molecule has 158 valence electrons. The predicted molar refractivity (Wildman–Crippen MR) is 112 cm³/mol. The van der Waals surface area contributed by atoms with E-state index in [1.807, 2.05) is 24.3 Å². The second kappa shape index (κ2) is 8.83. The Morgan fingerprint density at radius 3 is 2.70 bits per heavy atom. The number of nitrogens with one attached hydrogen (secondary N) is 1. The maximum atomic E-state index is 13.7. The Morgan fingerprint density at radius 2 is 2.00 bits per heavy atom. The molecule has 2 aromatic carbocycles. The first-order valence-electron chi connectivity index (χ1n) is 10.3. The van der Waals surface area contributed by atoms with Gasteiger partial charge in [-0.2, -0.15) is 0 Å². The van der Waals surface area contributed by atoms with E-state index in [1.54, 1.807) is 4.90 Å². The number of likely N-dealkylation sites (tertiary alicyclic amines) is 1. The van der Waals surface area contributed by atoms with Gasteiger partial charge in [0.05, 0.1) is 12.7 Å². The van der Waals surface area contributed by atoms with E-state index >= 15 is 0 Å². The quantitative estimate of drug-likeness (QED) is 0.740. The van der Waals surface area contributed by atoms with Crippen LogP contribution in [0, 0.1) is 11.7 Å². The molecule has 0 aromatic heterocycles. The van der Waals surface area contributed by atoms with Crippen molar-refractivity contribution < 1.29 is 18.7 Å². The van der Waals surface area contributed by atoms with E-state index in [9.17, 15) is 14.0 Å². The Kier molecular flexibility index (Phi) is 5.99. The van der Waals surface area contributed by atoms with Gasteiger partial charge in [0.2, 0.25) is 0 Å². The Morgan fingerprint density at radius 1 is 1.20 bits per heavy atom. The van der Waals surface area contributed by atoms with E-state index in [0.717, 1.165) is 37.2 Å². The molecule has 0 saturated carbocycles. The second-order valence-electron chi connectivity index (χ2n) is 7.83. The van der Waals surface area contributed by atoms with E-state index < -0.39 is 5.82 Å². The number of ether oxygens (including phenoxy) is 1. The molecule has 2 aromatic rings. The Balaban J connectivity index is 1.41. The molecule has 2 saturated heterocycles. The molecule has 2 amide bonds. The highest BCUT2D eigenvalue weighted by Gasteiger charge is 2.29. The number of rotatable bonds is 6. The second-order valence-corrected chi connectivity index (χ2v) is 7.83. The molecule has 0 bridgehead atoms. The Bertz CT molecular complexity index is 932. The predicted octanol–water partition coefficient (Wildman–Crippen LogP) is 3.46. The average molecular weight is 411 g/mol. The molecule has 30 heavy (non-hydrogen) atoms. The minimum atomic E-state index is -0.432. The molecular weight excluding hydrogens is 385 g/mol. The van der Waals surface area contributed by atoms with Gasteiger partial charge in [-0.15, -0.1) is 0 Å². The van der Waals surface area contributed by atoms with Crippen LogP contribution in [0.4, 0.5) is 14.9 Å². The van der Waals surface area contributed by atoms with Gasteiger partial charge in [-0.3, -0.25) is 14.6 Å². The van der Waals surface area contributed by atoms with E-state index in [2.05, 4.69) is 10.2 Å². The lowest BCUT2D eigenvalue weighted by Crippen LogP contribution is -2.38. The molecule has 2 fully saturated rings. The van der Waals surface area contributed by atoms with Crippen molar-refractivity contribution in [1.29, 1.82) is 0 Å². The third-order valence-corrected chi connectivity index (χ3v) is 5.81. The highest BCUT2D eigenvalue weighted by Crippen LogP contribution is 2.28. The summed E-state index contributed by atoms with van der Waals surface area (Å²) < 4.78 is 19.0. The summed E-state index contributed by atoms with van der Waals surface area (Å²) in [6.45, 7) is 3.63. The minimum Gasteiger partial charge on any atom is -0.496 e. The molecule has 4 rings (SSSR count). The number of carbonyl (C=O) groups is 2. The fourth-order valence-corrected chi connectivity index (χ4v) is 4.26. The largest absolute Gasteiger partial charge is 0.496 e. The van der Waals surface area contributed by atoms with Crippen LogP contribution in [0.25, 0.3) is 0 Å². The number of anilines is 1. The summed E-state index contributed by atoms with van der Waals surface area (Å²) >= 11 is 0. The molecule has 0 aliphatic carbocycles. The number of Topliss-reactive ketones (excluding diaryl/α,β-unsaturated/α-hetero) is 1. The van der Waals surface area contributed by atoms with Gasteiger partial charge < -0.3 is 10.1 Å². The van der Waals surface area contributed by atoms with Crippen LogP contribution in [0.3, 0.4) is 0 Å². The number of piperidine rings is 1. The first-order chi connectivity index (χ1) is 14.5. The third-order valence-electron chi connectivity index (χ3n) is 5.81. The van der Waals surface area contributed by atoms with Gasteiger partial charge in [-0.1, -0.05) is 12.1 Å². The molecule has 0 spiro atoms. The lowest BCUT2D eigenvalue weighted by atomic mass is 9.89. The van der Waals surface area contributed by atoms with E-state index in [4.69, 9.17) is 4.74 Å². The molecule has 0 radical (unpaired) electrons. The van der Waals surface area contributed by atoms with Crippen LogP contribution in [-0.4, -0.2) is 50.0 Å². The van der Waals surface area contributed by atoms with Gasteiger partial charge in [0, 0.05) is 37.8 Å². The van der Waals surface area contributed by atoms with E-state index in [-0.39, 0.29) is 17.7 Å². The van der Waals surface area contributed by atoms with Gasteiger partial charge in [0.25, 0.3) is 0 Å². The van der Waals surface area contributed by atoms with Gasteiger partial charge in [-0.05, 0) is 55.3 Å². The number of amides is 2. The molecular formula is C23H26FN3O3. The van der Waals surface area contributed by atoms with Crippen molar-refractivity contribution in [1.82, 2.24) is 10.2 Å². The number of methoxy groups -OCH3 is 1. The topological polar surface area (TPSA) is 61.9 Å². The molecule has 2 aliphatic rings. The molecule has 2 heterocycles. The van der Waals surface area contributed by atoms with E-state index in [0.29, 0.717) is 30.9 Å². The molecule has 1 atom stereocenters. The zero-order valence-corrected chi connectivity index (χ0v) is 17.1. The highest BCUT2D eigenvalue weighted by atomic mass is 19.1. The van der Waals surface area contributed by atoms with Crippen molar-refractivity contribution >= 4 is 17.5 Å². The van der Waals surface area contributed by atoms with Crippen molar-refractivity contribution in [2.45, 2.75) is 19.4 Å². The summed E-state index contributed by atoms with van der Waals surface area (Å²) in [5.74, 6) is -0.257. The monoisotopic (exact) mass is 411 g/mol. The maximum absolute atomic E-state index is 13.7. The fraction of sp³-hybridized carbons (Fsp3) is 0.391. The number of hydrogen-bond donors (Lipinski definition) is 1. The summed E-state index contributed by atoms with van der Waals surface area (Å²) in [5.41, 5.74) is 2.34. The first kappa shape index (κ1) is 20.3. The molecule has 7 heteroatoms. The van der Waals surface area contributed by atoms with E-state index in [1.165, 1.54) is 25.3 Å². The van der Waals surface area contributed by atoms with Crippen LogP contribution in [0.2, 0.25) is 0 Å². The molecule has 1 N–H and O–H groups in total. The highest BCUT2D eigenvalue weighted by molar-refractivity contribution is 6.00. The maximum Gasteiger partial charge on any atom is 0.321 e. The Labute approximate surface area is 175 Å². The van der Waals surface area contributed by atoms with Crippen molar-refractivity contribution in [3.05, 3.63) is 59.4 Å². The number of nitrogens with zero attached hydrogens (tertiary/aromatic N) is 2. The van der Waals surface area contributed by atoms with Crippen LogP contribution in [0.5, 0.6) is 5.75 Å². The normalized spacial score (nSPS) is 19.6. The van der Waals surface area contributed by atoms with Crippen LogP contribution in [-0.2, 0) is 6.54 Å². The van der Waals surface area contributed by atoms with Crippen molar-refractivity contribution in [2.75, 3.05) is 38.2 Å².